The second kappa shape index (κ2) is 8.37. The van der Waals surface area contributed by atoms with Gasteiger partial charge in [0.1, 0.15) is 11.4 Å². The summed E-state index contributed by atoms with van der Waals surface area (Å²) in [6, 6.07) is 15.8. The van der Waals surface area contributed by atoms with Crippen molar-refractivity contribution < 1.29 is 9.21 Å². The van der Waals surface area contributed by atoms with E-state index in [2.05, 4.69) is 24.3 Å². The van der Waals surface area contributed by atoms with Crippen LogP contribution in [0.2, 0.25) is 0 Å². The van der Waals surface area contributed by atoms with Gasteiger partial charge >= 0.3 is 0 Å². The highest BCUT2D eigenvalue weighted by molar-refractivity contribution is 7.98. The van der Waals surface area contributed by atoms with Crippen molar-refractivity contribution in [3.05, 3.63) is 75.4 Å². The van der Waals surface area contributed by atoms with Crippen LogP contribution >= 0.6 is 11.8 Å². The van der Waals surface area contributed by atoms with E-state index in [1.807, 2.05) is 25.1 Å². The van der Waals surface area contributed by atoms with E-state index in [1.165, 1.54) is 11.1 Å². The van der Waals surface area contributed by atoms with Crippen LogP contribution in [0.5, 0.6) is 0 Å². The molecule has 0 atom stereocenters. The van der Waals surface area contributed by atoms with Gasteiger partial charge in [0.15, 0.2) is 10.5 Å². The van der Waals surface area contributed by atoms with Gasteiger partial charge in [-0.25, -0.2) is 0 Å². The van der Waals surface area contributed by atoms with Crippen molar-refractivity contribution in [2.24, 2.45) is 0 Å². The van der Waals surface area contributed by atoms with E-state index >= 15 is 0 Å². The standard InChI is InChI=1S/C22H22O3S/c1-15(23)6-5-7-17-10-12-18(13-11-17)14-26-22-16(2)21(24)19-8-3-4-9-20(19)25-22/h3-4,8-13H,5-7,14H2,1-2H3. The van der Waals surface area contributed by atoms with Crippen molar-refractivity contribution in [3.63, 3.8) is 0 Å². The number of hydrogen-bond donors (Lipinski definition) is 0. The number of para-hydroxylation sites is 1. The number of thioether (sulfide) groups is 1. The molecule has 0 saturated heterocycles. The molecule has 0 aliphatic heterocycles. The summed E-state index contributed by atoms with van der Waals surface area (Å²) in [6.45, 7) is 3.45. The Labute approximate surface area is 157 Å². The number of carbonyl (C=O) groups is 1. The molecule has 2 aromatic carbocycles. The molecular weight excluding hydrogens is 344 g/mol. The Bertz CT molecular complexity index is 971. The summed E-state index contributed by atoms with van der Waals surface area (Å²) in [5.74, 6) is 0.987. The summed E-state index contributed by atoms with van der Waals surface area (Å²) in [7, 11) is 0. The van der Waals surface area contributed by atoms with Crippen molar-refractivity contribution in [1.82, 2.24) is 0 Å². The highest BCUT2D eigenvalue weighted by Gasteiger charge is 2.11. The summed E-state index contributed by atoms with van der Waals surface area (Å²) in [4.78, 5) is 23.5. The third-order valence-corrected chi connectivity index (χ3v) is 5.50. The first-order chi connectivity index (χ1) is 12.5. The van der Waals surface area contributed by atoms with Crippen LogP contribution in [0.4, 0.5) is 0 Å². The highest BCUT2D eigenvalue weighted by Crippen LogP contribution is 2.27. The summed E-state index contributed by atoms with van der Waals surface area (Å²) >= 11 is 1.55. The molecule has 26 heavy (non-hydrogen) atoms. The van der Waals surface area contributed by atoms with Crippen molar-refractivity contribution in [1.29, 1.82) is 0 Å². The van der Waals surface area contributed by atoms with Crippen LogP contribution in [-0.2, 0) is 17.0 Å². The predicted octanol–water partition coefficient (Wildman–Crippen LogP) is 5.31. The number of Topliss-reactive ketones (excluding diaryl/α,β-unsaturated/α-hetero) is 1. The minimum absolute atomic E-state index is 0.0372. The van der Waals surface area contributed by atoms with E-state index in [1.54, 1.807) is 24.8 Å². The number of rotatable bonds is 7. The van der Waals surface area contributed by atoms with Gasteiger partial charge in [0.25, 0.3) is 0 Å². The molecule has 3 aromatic rings. The van der Waals surface area contributed by atoms with E-state index in [-0.39, 0.29) is 11.2 Å². The van der Waals surface area contributed by atoms with E-state index < -0.39 is 0 Å². The lowest BCUT2D eigenvalue weighted by molar-refractivity contribution is -0.117. The van der Waals surface area contributed by atoms with E-state index in [9.17, 15) is 9.59 Å². The largest absolute Gasteiger partial charge is 0.449 e. The number of fused-ring (bicyclic) bond motifs is 1. The van der Waals surface area contributed by atoms with Crippen LogP contribution in [-0.4, -0.2) is 5.78 Å². The molecule has 0 saturated carbocycles. The van der Waals surface area contributed by atoms with Crippen LogP contribution in [0.3, 0.4) is 0 Å². The van der Waals surface area contributed by atoms with Gasteiger partial charge in [0.05, 0.1) is 5.39 Å². The zero-order chi connectivity index (χ0) is 18.5. The third kappa shape index (κ3) is 4.44. The summed E-state index contributed by atoms with van der Waals surface area (Å²) in [5, 5.41) is 1.31. The Morgan fingerprint density at radius 1 is 1.04 bits per heavy atom. The van der Waals surface area contributed by atoms with Gasteiger partial charge in [-0.15, -0.1) is 0 Å². The first kappa shape index (κ1) is 18.5. The predicted molar refractivity (Wildman–Crippen MR) is 107 cm³/mol. The molecule has 4 heteroatoms. The number of ketones is 1. The van der Waals surface area contributed by atoms with E-state index in [0.29, 0.717) is 28.0 Å². The smallest absolute Gasteiger partial charge is 0.196 e. The number of hydrogen-bond acceptors (Lipinski definition) is 4. The lowest BCUT2D eigenvalue weighted by Crippen LogP contribution is -2.06. The molecule has 134 valence electrons. The molecule has 3 rings (SSSR count). The Kier molecular flexibility index (Phi) is 5.94. The SMILES string of the molecule is CC(=O)CCCc1ccc(CSc2oc3ccccc3c(=O)c2C)cc1. The first-order valence-corrected chi connectivity index (χ1v) is 9.75. The van der Waals surface area contributed by atoms with Crippen molar-refractivity contribution >= 4 is 28.5 Å². The molecular formula is C22H22O3S. The zero-order valence-corrected chi connectivity index (χ0v) is 15.9. The summed E-state index contributed by atoms with van der Waals surface area (Å²) in [5.41, 5.74) is 3.75. The molecule has 0 radical (unpaired) electrons. The second-order valence-corrected chi connectivity index (χ2v) is 7.45. The van der Waals surface area contributed by atoms with Gasteiger partial charge in [-0.3, -0.25) is 4.79 Å². The van der Waals surface area contributed by atoms with Crippen LogP contribution in [0.1, 0.15) is 36.5 Å². The number of benzene rings is 2. The molecule has 0 bridgehead atoms. The van der Waals surface area contributed by atoms with Gasteiger partial charge in [-0.1, -0.05) is 48.2 Å². The second-order valence-electron chi connectivity index (χ2n) is 6.50. The number of carbonyl (C=O) groups excluding carboxylic acids is 1. The average molecular weight is 366 g/mol. The maximum Gasteiger partial charge on any atom is 0.196 e. The van der Waals surface area contributed by atoms with Crippen molar-refractivity contribution in [2.75, 3.05) is 0 Å². The van der Waals surface area contributed by atoms with E-state index in [0.717, 1.165) is 18.6 Å². The maximum absolute atomic E-state index is 12.5. The van der Waals surface area contributed by atoms with Crippen LogP contribution < -0.4 is 5.43 Å². The Morgan fingerprint density at radius 2 is 1.73 bits per heavy atom. The van der Waals surface area contributed by atoms with Crippen molar-refractivity contribution in [2.45, 2.75) is 44.0 Å². The van der Waals surface area contributed by atoms with Gasteiger partial charge in [-0.2, -0.15) is 0 Å². The van der Waals surface area contributed by atoms with Gasteiger partial charge in [0.2, 0.25) is 0 Å². The lowest BCUT2D eigenvalue weighted by Gasteiger charge is -2.07. The molecule has 0 spiro atoms. The highest BCUT2D eigenvalue weighted by atomic mass is 32.2. The maximum atomic E-state index is 12.5. The summed E-state index contributed by atoms with van der Waals surface area (Å²) in [6.07, 6.45) is 2.45. The molecule has 3 nitrogen and oxygen atoms in total. The molecule has 0 aliphatic rings. The van der Waals surface area contributed by atoms with Crippen LogP contribution in [0, 0.1) is 6.92 Å². The molecule has 0 unspecified atom stereocenters. The monoisotopic (exact) mass is 366 g/mol. The Hall–Kier alpha value is -2.33. The Balaban J connectivity index is 1.67. The van der Waals surface area contributed by atoms with Crippen molar-refractivity contribution in [3.8, 4) is 0 Å². The molecule has 0 fully saturated rings. The fourth-order valence-corrected chi connectivity index (χ4v) is 3.79. The van der Waals surface area contributed by atoms with E-state index in [4.69, 9.17) is 4.42 Å². The lowest BCUT2D eigenvalue weighted by atomic mass is 10.1. The average Bonchev–Trinajstić information content (AvgIpc) is 2.64. The topological polar surface area (TPSA) is 47.3 Å². The Morgan fingerprint density at radius 3 is 2.46 bits per heavy atom. The fraction of sp³-hybridized carbons (Fsp3) is 0.273. The molecule has 0 N–H and O–H groups in total. The van der Waals surface area contributed by atoms with Crippen LogP contribution in [0.15, 0.2) is 62.8 Å². The summed E-state index contributed by atoms with van der Waals surface area (Å²) < 4.78 is 5.93. The third-order valence-electron chi connectivity index (χ3n) is 4.37. The quantitative estimate of drug-likeness (QED) is 0.532. The zero-order valence-electron chi connectivity index (χ0n) is 15.1. The minimum atomic E-state index is 0.0372. The van der Waals surface area contributed by atoms with Gasteiger partial charge < -0.3 is 9.21 Å². The molecule has 1 aromatic heterocycles. The normalized spacial score (nSPS) is 11.0. The molecule has 1 heterocycles. The fourth-order valence-electron chi connectivity index (χ4n) is 2.84. The van der Waals surface area contributed by atoms with Crippen LogP contribution in [0.25, 0.3) is 11.0 Å². The van der Waals surface area contributed by atoms with Gasteiger partial charge in [0, 0.05) is 17.7 Å². The minimum Gasteiger partial charge on any atom is -0.449 e. The molecule has 0 amide bonds. The number of aryl methyl sites for hydroxylation is 1. The first-order valence-electron chi connectivity index (χ1n) is 8.77. The van der Waals surface area contributed by atoms with Gasteiger partial charge in [-0.05, 0) is 49.9 Å². The molecule has 0 aliphatic carbocycles.